The van der Waals surface area contributed by atoms with Crippen LogP contribution in [0, 0.1) is 5.92 Å². The number of amides is 1. The van der Waals surface area contributed by atoms with Gasteiger partial charge >= 0.3 is 5.97 Å². The third-order valence-corrected chi connectivity index (χ3v) is 6.46. The number of fused-ring (bicyclic) bond motifs is 1. The van der Waals surface area contributed by atoms with Crippen LogP contribution in [0.15, 0.2) is 54.6 Å². The molecule has 1 N–H and O–H groups in total. The van der Waals surface area contributed by atoms with Crippen molar-refractivity contribution in [2.75, 3.05) is 6.61 Å². The number of aromatic nitrogens is 1. The lowest BCUT2D eigenvalue weighted by molar-refractivity contribution is -0.154. The highest BCUT2D eigenvalue weighted by molar-refractivity contribution is 7.18. The monoisotopic (exact) mass is 424 g/mol. The fourth-order valence-electron chi connectivity index (χ4n) is 3.15. The number of nitrogens with zero attached hydrogens (tertiary/aromatic N) is 1. The van der Waals surface area contributed by atoms with E-state index in [4.69, 9.17) is 9.72 Å². The fraction of sp³-hybridized carbons (Fsp3) is 0.375. The maximum atomic E-state index is 13.2. The first-order valence-electron chi connectivity index (χ1n) is 10.2. The van der Waals surface area contributed by atoms with Crippen LogP contribution in [-0.2, 0) is 26.2 Å². The molecule has 0 radical (unpaired) electrons. The summed E-state index contributed by atoms with van der Waals surface area (Å²) in [5, 5.41) is 3.73. The van der Waals surface area contributed by atoms with E-state index >= 15 is 0 Å². The van der Waals surface area contributed by atoms with Gasteiger partial charge in [-0.25, -0.2) is 4.98 Å². The molecule has 1 aromatic heterocycles. The number of thiazole rings is 1. The molecule has 0 spiro atoms. The van der Waals surface area contributed by atoms with Crippen LogP contribution >= 0.6 is 11.3 Å². The van der Waals surface area contributed by atoms with Gasteiger partial charge in [0.15, 0.2) is 6.61 Å². The van der Waals surface area contributed by atoms with E-state index in [9.17, 15) is 9.59 Å². The summed E-state index contributed by atoms with van der Waals surface area (Å²) in [6, 6.07) is 17.5. The minimum Gasteiger partial charge on any atom is -0.455 e. The first-order chi connectivity index (χ1) is 14.3. The van der Waals surface area contributed by atoms with Gasteiger partial charge in [-0.3, -0.25) is 9.59 Å². The first kappa shape index (κ1) is 22.0. The Balaban J connectivity index is 1.79. The average Bonchev–Trinajstić information content (AvgIpc) is 3.14. The minimum absolute atomic E-state index is 0.0134. The number of rotatable bonds is 8. The quantitative estimate of drug-likeness (QED) is 0.541. The van der Waals surface area contributed by atoms with Crippen molar-refractivity contribution in [3.8, 4) is 0 Å². The Hall–Kier alpha value is -2.73. The topological polar surface area (TPSA) is 68.3 Å². The molecule has 6 heteroatoms. The van der Waals surface area contributed by atoms with Gasteiger partial charge in [0.2, 0.25) is 0 Å². The van der Waals surface area contributed by atoms with Gasteiger partial charge in [-0.2, -0.15) is 0 Å². The lowest BCUT2D eigenvalue weighted by Crippen LogP contribution is -2.42. The predicted octanol–water partition coefficient (Wildman–Crippen LogP) is 4.50. The Labute approximate surface area is 181 Å². The van der Waals surface area contributed by atoms with E-state index in [0.29, 0.717) is 12.3 Å². The molecule has 1 amide bonds. The highest BCUT2D eigenvalue weighted by Gasteiger charge is 2.38. The van der Waals surface area contributed by atoms with Crippen molar-refractivity contribution in [2.45, 2.75) is 45.6 Å². The van der Waals surface area contributed by atoms with Gasteiger partial charge in [0, 0.05) is 12.5 Å². The summed E-state index contributed by atoms with van der Waals surface area (Å²) in [5.74, 6) is -0.418. The number of carbonyl (C=O) groups excluding carboxylic acids is 2. The van der Waals surface area contributed by atoms with Gasteiger partial charge in [0.1, 0.15) is 0 Å². The van der Waals surface area contributed by atoms with Gasteiger partial charge in [0.05, 0.1) is 20.6 Å². The average molecular weight is 425 g/mol. The molecule has 0 aliphatic rings. The molecule has 3 aromatic rings. The van der Waals surface area contributed by atoms with E-state index in [1.165, 1.54) is 0 Å². The molecule has 0 bridgehead atoms. The zero-order valence-electron chi connectivity index (χ0n) is 17.8. The number of hydrogen-bond donors (Lipinski definition) is 1. The second-order valence-electron chi connectivity index (χ2n) is 8.13. The summed E-state index contributed by atoms with van der Waals surface area (Å²) < 4.78 is 6.56. The molecule has 2 atom stereocenters. The van der Waals surface area contributed by atoms with Crippen molar-refractivity contribution in [1.29, 1.82) is 0 Å². The third-order valence-electron chi connectivity index (χ3n) is 5.43. The molecule has 0 saturated heterocycles. The van der Waals surface area contributed by atoms with Gasteiger partial charge in [-0.15, -0.1) is 11.3 Å². The van der Waals surface area contributed by atoms with E-state index in [1.54, 1.807) is 11.3 Å². The highest BCUT2D eigenvalue weighted by Crippen LogP contribution is 2.33. The van der Waals surface area contributed by atoms with Crippen molar-refractivity contribution in [1.82, 2.24) is 10.3 Å². The van der Waals surface area contributed by atoms with E-state index in [-0.39, 0.29) is 18.6 Å². The van der Waals surface area contributed by atoms with Gasteiger partial charge < -0.3 is 10.1 Å². The Kier molecular flexibility index (Phi) is 6.87. The van der Waals surface area contributed by atoms with Gasteiger partial charge in [-0.05, 0) is 37.5 Å². The molecule has 0 aliphatic heterocycles. The largest absolute Gasteiger partial charge is 0.455 e. The SMILES string of the molecule is CC(C)[C@@H](C)NC(=O)COC(=O)[C@@](C)(Cc1nc2ccccc2s1)c1ccccc1. The molecule has 0 aliphatic carbocycles. The van der Waals surface area contributed by atoms with Gasteiger partial charge in [0.25, 0.3) is 5.91 Å². The Morgan fingerprint density at radius 2 is 1.73 bits per heavy atom. The number of carbonyl (C=O) groups is 2. The Morgan fingerprint density at radius 1 is 1.07 bits per heavy atom. The van der Waals surface area contributed by atoms with Crippen molar-refractivity contribution < 1.29 is 14.3 Å². The van der Waals surface area contributed by atoms with Crippen LogP contribution in [0.1, 0.15) is 38.3 Å². The smallest absolute Gasteiger partial charge is 0.317 e. The van der Waals surface area contributed by atoms with Crippen LogP contribution in [0.2, 0.25) is 0 Å². The predicted molar refractivity (Wildman–Crippen MR) is 121 cm³/mol. The number of nitrogens with one attached hydrogen (secondary N) is 1. The molecule has 3 rings (SSSR count). The van der Waals surface area contributed by atoms with Crippen LogP contribution in [0.25, 0.3) is 10.2 Å². The summed E-state index contributed by atoms with van der Waals surface area (Å²) in [6.07, 6.45) is 0.402. The molecular weight excluding hydrogens is 396 g/mol. The number of esters is 1. The molecule has 30 heavy (non-hydrogen) atoms. The first-order valence-corrected chi connectivity index (χ1v) is 11.0. The second kappa shape index (κ2) is 9.39. The Bertz CT molecular complexity index is 982. The standard InChI is InChI=1S/C24H28N2O3S/c1-16(2)17(3)25-21(27)15-29-23(28)24(4,18-10-6-5-7-11-18)14-22-26-19-12-8-9-13-20(19)30-22/h5-13,16-17H,14-15H2,1-4H3,(H,25,27)/t17-,24+/m1/s1. The summed E-state index contributed by atoms with van der Waals surface area (Å²) in [7, 11) is 0. The normalized spacial score (nSPS) is 14.3. The van der Waals surface area contributed by atoms with E-state index in [1.807, 2.05) is 82.3 Å². The molecule has 0 saturated carbocycles. The van der Waals surface area contributed by atoms with Crippen LogP contribution in [-0.4, -0.2) is 29.5 Å². The summed E-state index contributed by atoms with van der Waals surface area (Å²) in [4.78, 5) is 30.1. The molecule has 2 aromatic carbocycles. The summed E-state index contributed by atoms with van der Waals surface area (Å²) in [5.41, 5.74) is 0.813. The van der Waals surface area contributed by atoms with Gasteiger partial charge in [-0.1, -0.05) is 56.3 Å². The lowest BCUT2D eigenvalue weighted by atomic mass is 9.79. The third kappa shape index (κ3) is 5.05. The summed E-state index contributed by atoms with van der Waals surface area (Å²) >= 11 is 1.57. The molecular formula is C24H28N2O3S. The number of benzene rings is 2. The molecule has 1 heterocycles. The lowest BCUT2D eigenvalue weighted by Gasteiger charge is -2.27. The van der Waals surface area contributed by atoms with E-state index in [0.717, 1.165) is 20.8 Å². The van der Waals surface area contributed by atoms with Crippen LogP contribution in [0.4, 0.5) is 0 Å². The van der Waals surface area contributed by atoms with Crippen molar-refractivity contribution in [3.63, 3.8) is 0 Å². The molecule has 0 fully saturated rings. The maximum Gasteiger partial charge on any atom is 0.317 e. The van der Waals surface area contributed by atoms with Crippen molar-refractivity contribution in [3.05, 3.63) is 65.2 Å². The fourth-order valence-corrected chi connectivity index (χ4v) is 4.27. The molecule has 5 nitrogen and oxygen atoms in total. The van der Waals surface area contributed by atoms with Crippen LogP contribution in [0.3, 0.4) is 0 Å². The maximum absolute atomic E-state index is 13.2. The number of para-hydroxylation sites is 1. The Morgan fingerprint density at radius 3 is 2.40 bits per heavy atom. The van der Waals surface area contributed by atoms with E-state index in [2.05, 4.69) is 5.32 Å². The van der Waals surface area contributed by atoms with Crippen LogP contribution in [0.5, 0.6) is 0 Å². The van der Waals surface area contributed by atoms with Crippen molar-refractivity contribution in [2.24, 2.45) is 5.92 Å². The zero-order chi connectivity index (χ0) is 21.7. The second-order valence-corrected chi connectivity index (χ2v) is 9.24. The van der Waals surface area contributed by atoms with Crippen LogP contribution < -0.4 is 5.32 Å². The zero-order valence-corrected chi connectivity index (χ0v) is 18.7. The highest BCUT2D eigenvalue weighted by atomic mass is 32.1. The minimum atomic E-state index is -0.945. The summed E-state index contributed by atoms with van der Waals surface area (Å²) in [6.45, 7) is 7.55. The number of ether oxygens (including phenoxy) is 1. The van der Waals surface area contributed by atoms with E-state index < -0.39 is 11.4 Å². The molecule has 158 valence electrons. The molecule has 0 unspecified atom stereocenters. The van der Waals surface area contributed by atoms with Crippen molar-refractivity contribution >= 4 is 33.4 Å². The number of hydrogen-bond acceptors (Lipinski definition) is 5.